The van der Waals surface area contributed by atoms with Crippen LogP contribution >= 0.6 is 11.3 Å². The summed E-state index contributed by atoms with van der Waals surface area (Å²) in [5.41, 5.74) is 2.02. The Labute approximate surface area is 138 Å². The summed E-state index contributed by atoms with van der Waals surface area (Å²) in [7, 11) is -3.44. The predicted octanol–water partition coefficient (Wildman–Crippen LogP) is 2.42. The van der Waals surface area contributed by atoms with E-state index in [4.69, 9.17) is 0 Å². The number of nitrogens with zero attached hydrogens (tertiary/aromatic N) is 1. The molecule has 2 rings (SSSR count). The number of carbonyl (C=O) groups excluding carboxylic acids is 1. The van der Waals surface area contributed by atoms with Crippen LogP contribution in [0.4, 0.5) is 5.69 Å². The number of nitriles is 1. The molecule has 23 heavy (non-hydrogen) atoms. The van der Waals surface area contributed by atoms with Crippen LogP contribution in [0.5, 0.6) is 0 Å². The second-order valence-corrected chi connectivity index (χ2v) is 7.52. The van der Waals surface area contributed by atoms with Gasteiger partial charge in [0.25, 0.3) is 5.91 Å². The zero-order valence-corrected chi connectivity index (χ0v) is 14.2. The lowest BCUT2D eigenvalue weighted by atomic mass is 10.1. The number of carbonyl (C=O) groups is 1. The van der Waals surface area contributed by atoms with Gasteiger partial charge in [-0.25, -0.2) is 8.42 Å². The van der Waals surface area contributed by atoms with Gasteiger partial charge in [-0.1, -0.05) is 6.07 Å². The summed E-state index contributed by atoms with van der Waals surface area (Å²) in [6, 6.07) is 7.74. The minimum Gasteiger partial charge on any atom is -0.332 e. The molecule has 0 aliphatic rings. The van der Waals surface area contributed by atoms with E-state index < -0.39 is 22.0 Å². The zero-order chi connectivity index (χ0) is 17.0. The van der Waals surface area contributed by atoms with Crippen molar-refractivity contribution in [2.24, 2.45) is 0 Å². The molecule has 0 saturated heterocycles. The minimum atomic E-state index is -3.44. The van der Waals surface area contributed by atoms with E-state index in [-0.39, 0.29) is 5.56 Å². The van der Waals surface area contributed by atoms with Crippen molar-refractivity contribution in [3.8, 4) is 6.07 Å². The van der Waals surface area contributed by atoms with Gasteiger partial charge in [0.05, 0.1) is 18.0 Å². The van der Waals surface area contributed by atoms with E-state index in [2.05, 4.69) is 10.0 Å². The van der Waals surface area contributed by atoms with Gasteiger partial charge in [-0.15, -0.1) is 0 Å². The number of benzene rings is 1. The van der Waals surface area contributed by atoms with Gasteiger partial charge in [0.2, 0.25) is 10.0 Å². The first-order chi connectivity index (χ1) is 10.8. The average Bonchev–Trinajstić information content (AvgIpc) is 2.99. The number of rotatable bonds is 5. The molecule has 1 atom stereocenters. The highest BCUT2D eigenvalue weighted by Gasteiger charge is 2.16. The van der Waals surface area contributed by atoms with Crippen LogP contribution in [0, 0.1) is 18.3 Å². The SMILES string of the molecule is Cc1ccc(C(=O)NC(C#N)c2ccsc2)cc1NS(C)(=O)=O. The number of anilines is 1. The molecule has 0 radical (unpaired) electrons. The quantitative estimate of drug-likeness (QED) is 0.866. The molecule has 1 unspecified atom stereocenters. The second kappa shape index (κ2) is 6.81. The van der Waals surface area contributed by atoms with Crippen molar-refractivity contribution in [2.45, 2.75) is 13.0 Å². The minimum absolute atomic E-state index is 0.275. The van der Waals surface area contributed by atoms with Crippen molar-refractivity contribution in [3.63, 3.8) is 0 Å². The van der Waals surface area contributed by atoms with Crippen LogP contribution in [0.1, 0.15) is 27.5 Å². The van der Waals surface area contributed by atoms with Crippen molar-refractivity contribution in [2.75, 3.05) is 11.0 Å². The molecule has 0 aliphatic carbocycles. The Morgan fingerprint density at radius 1 is 1.35 bits per heavy atom. The van der Waals surface area contributed by atoms with Crippen LogP contribution in [-0.4, -0.2) is 20.6 Å². The van der Waals surface area contributed by atoms with Crippen molar-refractivity contribution in [3.05, 3.63) is 51.7 Å². The molecule has 0 saturated carbocycles. The largest absolute Gasteiger partial charge is 0.332 e. The third kappa shape index (κ3) is 4.55. The lowest BCUT2D eigenvalue weighted by Gasteiger charge is -2.13. The molecule has 1 aromatic carbocycles. The van der Waals surface area contributed by atoms with E-state index in [0.717, 1.165) is 6.26 Å². The van der Waals surface area contributed by atoms with Crippen molar-refractivity contribution in [1.29, 1.82) is 5.26 Å². The summed E-state index contributed by atoms with van der Waals surface area (Å²) in [5, 5.41) is 15.4. The fraction of sp³-hybridized carbons (Fsp3) is 0.200. The maximum Gasteiger partial charge on any atom is 0.252 e. The molecule has 120 valence electrons. The van der Waals surface area contributed by atoms with Gasteiger partial charge in [0.1, 0.15) is 6.04 Å². The first-order valence-electron chi connectivity index (χ1n) is 6.61. The van der Waals surface area contributed by atoms with E-state index in [9.17, 15) is 18.5 Å². The highest BCUT2D eigenvalue weighted by atomic mass is 32.2. The Kier molecular flexibility index (Phi) is 5.03. The molecular formula is C15H15N3O3S2. The number of aryl methyl sites for hydroxylation is 1. The van der Waals surface area contributed by atoms with Gasteiger partial charge in [-0.2, -0.15) is 16.6 Å². The number of thiophene rings is 1. The van der Waals surface area contributed by atoms with E-state index in [1.807, 2.05) is 11.4 Å². The summed E-state index contributed by atoms with van der Waals surface area (Å²) >= 11 is 1.44. The number of amides is 1. The van der Waals surface area contributed by atoms with E-state index >= 15 is 0 Å². The fourth-order valence-corrected chi connectivity index (χ4v) is 3.22. The van der Waals surface area contributed by atoms with Gasteiger partial charge >= 0.3 is 0 Å². The van der Waals surface area contributed by atoms with E-state index in [0.29, 0.717) is 16.8 Å². The van der Waals surface area contributed by atoms with Crippen LogP contribution in [0.15, 0.2) is 35.0 Å². The lowest BCUT2D eigenvalue weighted by molar-refractivity contribution is 0.0945. The monoisotopic (exact) mass is 349 g/mol. The summed E-state index contributed by atoms with van der Waals surface area (Å²) in [4.78, 5) is 12.3. The van der Waals surface area contributed by atoms with Crippen LogP contribution in [0.3, 0.4) is 0 Å². The molecular weight excluding hydrogens is 334 g/mol. The summed E-state index contributed by atoms with van der Waals surface area (Å²) in [5.74, 6) is -0.445. The Hall–Kier alpha value is -2.37. The van der Waals surface area contributed by atoms with Crippen molar-refractivity contribution < 1.29 is 13.2 Å². The maximum absolute atomic E-state index is 12.3. The first kappa shape index (κ1) is 17.0. The van der Waals surface area contributed by atoms with Crippen LogP contribution < -0.4 is 10.0 Å². The highest BCUT2D eigenvalue weighted by Crippen LogP contribution is 2.20. The molecule has 1 aromatic heterocycles. The standard InChI is InChI=1S/C15H15N3O3S2/c1-10-3-4-11(7-13(10)18-23(2,20)21)15(19)17-14(8-16)12-5-6-22-9-12/h3-7,9,14,18H,1-2H3,(H,17,19). The number of hydrogen-bond donors (Lipinski definition) is 2. The average molecular weight is 349 g/mol. The van der Waals surface area contributed by atoms with Crippen molar-refractivity contribution in [1.82, 2.24) is 5.32 Å². The normalized spacial score (nSPS) is 12.2. The third-order valence-corrected chi connectivity index (χ3v) is 4.37. The van der Waals surface area contributed by atoms with Crippen LogP contribution in [0.2, 0.25) is 0 Å². The molecule has 1 heterocycles. The summed E-state index contributed by atoms with van der Waals surface area (Å²) in [6.07, 6.45) is 1.04. The molecule has 2 N–H and O–H groups in total. The zero-order valence-electron chi connectivity index (χ0n) is 12.5. The topological polar surface area (TPSA) is 99.1 Å². The number of sulfonamides is 1. The highest BCUT2D eigenvalue weighted by molar-refractivity contribution is 7.92. The lowest BCUT2D eigenvalue weighted by Crippen LogP contribution is -2.27. The van der Waals surface area contributed by atoms with Gasteiger partial charge in [-0.3, -0.25) is 9.52 Å². The molecule has 6 nitrogen and oxygen atoms in total. The summed E-state index contributed by atoms with van der Waals surface area (Å²) in [6.45, 7) is 1.73. The smallest absolute Gasteiger partial charge is 0.252 e. The molecule has 2 aromatic rings. The van der Waals surface area contributed by atoms with E-state index in [1.54, 1.807) is 30.5 Å². The molecule has 1 amide bonds. The fourth-order valence-electron chi connectivity index (χ4n) is 1.92. The number of nitrogens with one attached hydrogen (secondary N) is 2. The third-order valence-electron chi connectivity index (χ3n) is 3.08. The molecule has 0 fully saturated rings. The van der Waals surface area contributed by atoms with Crippen LogP contribution in [-0.2, 0) is 10.0 Å². The van der Waals surface area contributed by atoms with Gasteiger partial charge in [-0.05, 0) is 47.0 Å². The Morgan fingerprint density at radius 2 is 2.09 bits per heavy atom. The maximum atomic E-state index is 12.3. The molecule has 0 spiro atoms. The molecule has 0 aliphatic heterocycles. The predicted molar refractivity (Wildman–Crippen MR) is 89.8 cm³/mol. The van der Waals surface area contributed by atoms with Gasteiger partial charge in [0, 0.05) is 5.56 Å². The first-order valence-corrected chi connectivity index (χ1v) is 9.44. The molecule has 0 bridgehead atoms. The van der Waals surface area contributed by atoms with Gasteiger partial charge in [0.15, 0.2) is 0 Å². The second-order valence-electron chi connectivity index (χ2n) is 5.00. The summed E-state index contributed by atoms with van der Waals surface area (Å²) < 4.78 is 25.1. The van der Waals surface area contributed by atoms with Crippen LogP contribution in [0.25, 0.3) is 0 Å². The van der Waals surface area contributed by atoms with Gasteiger partial charge < -0.3 is 5.32 Å². The Morgan fingerprint density at radius 3 is 2.65 bits per heavy atom. The van der Waals surface area contributed by atoms with Crippen molar-refractivity contribution >= 4 is 33.0 Å². The Bertz CT molecular complexity index is 853. The number of hydrogen-bond acceptors (Lipinski definition) is 5. The molecule has 8 heteroatoms. The Balaban J connectivity index is 2.23. The van der Waals surface area contributed by atoms with E-state index in [1.165, 1.54) is 17.4 Å².